The monoisotopic (exact) mass is 294 g/mol. The first-order valence-corrected chi connectivity index (χ1v) is 8.47. The van der Waals surface area contributed by atoms with Gasteiger partial charge in [0.05, 0.1) is 24.4 Å². The molecule has 4 heteroatoms. The Hall–Kier alpha value is -0.630. The number of hydrogen-bond acceptors (Lipinski definition) is 4. The number of nitrogens with zero attached hydrogens (tertiary/aromatic N) is 1. The zero-order chi connectivity index (χ0) is 15.3. The van der Waals surface area contributed by atoms with E-state index in [4.69, 9.17) is 9.47 Å². The number of hydrogen-bond donors (Lipinski definition) is 1. The molecule has 1 aliphatic heterocycles. The molecule has 0 aromatic heterocycles. The van der Waals surface area contributed by atoms with Crippen LogP contribution in [0.3, 0.4) is 0 Å². The summed E-state index contributed by atoms with van der Waals surface area (Å²) in [6.45, 7) is 7.06. The second-order valence-electron chi connectivity index (χ2n) is 7.04. The molecule has 21 heavy (non-hydrogen) atoms. The molecule has 0 aromatic carbocycles. The zero-order valence-corrected chi connectivity index (χ0v) is 13.7. The van der Waals surface area contributed by atoms with E-state index in [1.165, 1.54) is 12.8 Å². The first-order chi connectivity index (χ1) is 10.0. The van der Waals surface area contributed by atoms with Crippen LogP contribution in [0.4, 0.5) is 0 Å². The topological polar surface area (TPSA) is 54.3 Å². The molecule has 120 valence electrons. The fourth-order valence-electron chi connectivity index (χ4n) is 3.15. The van der Waals surface area contributed by atoms with E-state index in [9.17, 15) is 5.26 Å². The molecule has 1 saturated carbocycles. The molecule has 1 N–H and O–H groups in total. The van der Waals surface area contributed by atoms with Crippen molar-refractivity contribution in [1.82, 2.24) is 5.32 Å². The van der Waals surface area contributed by atoms with Gasteiger partial charge in [0.15, 0.2) is 0 Å². The summed E-state index contributed by atoms with van der Waals surface area (Å²) in [6.07, 6.45) is 8.39. The molecule has 1 saturated heterocycles. The summed E-state index contributed by atoms with van der Waals surface area (Å²) in [7, 11) is 0. The molecular weight excluding hydrogens is 264 g/mol. The SMILES string of the molecule is CC1CC(OCCCCC(C)(C#N)NC2CC2)CC(C)O1. The summed E-state index contributed by atoms with van der Waals surface area (Å²) in [6, 6.07) is 3.01. The maximum Gasteiger partial charge on any atom is 0.104 e. The predicted molar refractivity (Wildman–Crippen MR) is 83.0 cm³/mol. The van der Waals surface area contributed by atoms with Crippen molar-refractivity contribution in [3.05, 3.63) is 0 Å². The number of nitriles is 1. The fraction of sp³-hybridized carbons (Fsp3) is 0.941. The summed E-state index contributed by atoms with van der Waals surface area (Å²) < 4.78 is 11.7. The molecule has 0 aromatic rings. The van der Waals surface area contributed by atoms with Crippen LogP contribution in [0, 0.1) is 11.3 Å². The largest absolute Gasteiger partial charge is 0.378 e. The van der Waals surface area contributed by atoms with Crippen molar-refractivity contribution in [2.75, 3.05) is 6.61 Å². The third kappa shape index (κ3) is 5.94. The van der Waals surface area contributed by atoms with Gasteiger partial charge in [0, 0.05) is 12.6 Å². The smallest absolute Gasteiger partial charge is 0.104 e. The first-order valence-electron chi connectivity index (χ1n) is 8.47. The highest BCUT2D eigenvalue weighted by Gasteiger charge is 2.32. The highest BCUT2D eigenvalue weighted by molar-refractivity contribution is 5.06. The van der Waals surface area contributed by atoms with Gasteiger partial charge in [-0.15, -0.1) is 0 Å². The molecular formula is C17H30N2O2. The van der Waals surface area contributed by atoms with E-state index in [0.717, 1.165) is 38.7 Å². The van der Waals surface area contributed by atoms with Crippen molar-refractivity contribution in [3.8, 4) is 6.07 Å². The summed E-state index contributed by atoms with van der Waals surface area (Å²) in [4.78, 5) is 0. The molecule has 0 radical (unpaired) electrons. The van der Waals surface area contributed by atoms with Crippen LogP contribution < -0.4 is 5.32 Å². The lowest BCUT2D eigenvalue weighted by molar-refractivity contribution is -0.102. The van der Waals surface area contributed by atoms with Crippen LogP contribution in [0.1, 0.15) is 65.7 Å². The summed E-state index contributed by atoms with van der Waals surface area (Å²) in [5.41, 5.74) is -0.358. The minimum absolute atomic E-state index is 0.309. The Morgan fingerprint density at radius 1 is 1.24 bits per heavy atom. The molecule has 2 aliphatic rings. The van der Waals surface area contributed by atoms with Crippen molar-refractivity contribution in [2.24, 2.45) is 0 Å². The van der Waals surface area contributed by atoms with E-state index in [-0.39, 0.29) is 5.54 Å². The highest BCUT2D eigenvalue weighted by atomic mass is 16.5. The van der Waals surface area contributed by atoms with Gasteiger partial charge in [0.25, 0.3) is 0 Å². The quantitative estimate of drug-likeness (QED) is 0.699. The second kappa shape index (κ2) is 7.58. The molecule has 1 aliphatic carbocycles. The van der Waals surface area contributed by atoms with Crippen molar-refractivity contribution >= 4 is 0 Å². The van der Waals surface area contributed by atoms with E-state index < -0.39 is 0 Å². The van der Waals surface area contributed by atoms with Crippen molar-refractivity contribution in [3.63, 3.8) is 0 Å². The Morgan fingerprint density at radius 3 is 2.48 bits per heavy atom. The normalized spacial score (nSPS) is 32.4. The standard InChI is InChI=1S/C17H30N2O2/c1-13-10-16(11-14(2)21-13)20-9-5-4-8-17(3,12-18)19-15-6-7-15/h13-16,19H,4-11H2,1-3H3. The van der Waals surface area contributed by atoms with Crippen LogP contribution >= 0.6 is 0 Å². The summed E-state index contributed by atoms with van der Waals surface area (Å²) in [5.74, 6) is 0. The molecule has 3 atom stereocenters. The van der Waals surface area contributed by atoms with Crippen LogP contribution in [0.5, 0.6) is 0 Å². The molecule has 1 heterocycles. The lowest BCUT2D eigenvalue weighted by Crippen LogP contribution is -2.42. The number of unbranched alkanes of at least 4 members (excludes halogenated alkanes) is 1. The van der Waals surface area contributed by atoms with Crippen LogP contribution in [0.2, 0.25) is 0 Å². The molecule has 4 nitrogen and oxygen atoms in total. The highest BCUT2D eigenvalue weighted by Crippen LogP contribution is 2.25. The molecule has 2 rings (SSSR count). The van der Waals surface area contributed by atoms with E-state index in [1.54, 1.807) is 0 Å². The van der Waals surface area contributed by atoms with Gasteiger partial charge < -0.3 is 9.47 Å². The van der Waals surface area contributed by atoms with Gasteiger partial charge in [0.2, 0.25) is 0 Å². The van der Waals surface area contributed by atoms with Crippen molar-refractivity contribution < 1.29 is 9.47 Å². The first kappa shape index (κ1) is 16.7. The summed E-state index contributed by atoms with van der Waals surface area (Å²) >= 11 is 0. The van der Waals surface area contributed by atoms with E-state index in [1.807, 2.05) is 6.92 Å². The third-order valence-electron chi connectivity index (χ3n) is 4.43. The number of nitrogens with one attached hydrogen (secondary N) is 1. The average Bonchev–Trinajstić information content (AvgIpc) is 3.21. The van der Waals surface area contributed by atoms with Gasteiger partial charge in [-0.3, -0.25) is 5.32 Å². The second-order valence-corrected chi connectivity index (χ2v) is 7.04. The van der Waals surface area contributed by atoms with Gasteiger partial charge in [-0.25, -0.2) is 0 Å². The van der Waals surface area contributed by atoms with E-state index >= 15 is 0 Å². The lowest BCUT2D eigenvalue weighted by Gasteiger charge is -2.32. The van der Waals surface area contributed by atoms with Crippen LogP contribution in [0.25, 0.3) is 0 Å². The Balaban J connectivity index is 1.57. The Labute approximate surface area is 129 Å². The van der Waals surface area contributed by atoms with Crippen LogP contribution in [0.15, 0.2) is 0 Å². The van der Waals surface area contributed by atoms with Crippen LogP contribution in [-0.4, -0.2) is 36.5 Å². The molecule has 0 amide bonds. The van der Waals surface area contributed by atoms with Gasteiger partial charge in [-0.2, -0.15) is 5.26 Å². The average molecular weight is 294 g/mol. The number of ether oxygens (including phenoxy) is 2. The Bertz CT molecular complexity index is 354. The molecule has 2 fully saturated rings. The predicted octanol–water partition coefficient (Wildman–Crippen LogP) is 3.16. The minimum Gasteiger partial charge on any atom is -0.378 e. The third-order valence-corrected chi connectivity index (χ3v) is 4.43. The van der Waals surface area contributed by atoms with E-state index in [0.29, 0.717) is 24.4 Å². The zero-order valence-electron chi connectivity index (χ0n) is 13.7. The fourth-order valence-corrected chi connectivity index (χ4v) is 3.15. The molecule has 0 bridgehead atoms. The molecule has 0 spiro atoms. The van der Waals surface area contributed by atoms with Gasteiger partial charge in [-0.1, -0.05) is 0 Å². The van der Waals surface area contributed by atoms with Gasteiger partial charge in [0.1, 0.15) is 5.54 Å². The Morgan fingerprint density at radius 2 is 1.90 bits per heavy atom. The van der Waals surface area contributed by atoms with Crippen molar-refractivity contribution in [1.29, 1.82) is 5.26 Å². The van der Waals surface area contributed by atoms with E-state index in [2.05, 4.69) is 25.2 Å². The summed E-state index contributed by atoms with van der Waals surface area (Å²) in [5, 5.41) is 12.8. The van der Waals surface area contributed by atoms with Gasteiger partial charge in [-0.05, 0) is 65.7 Å². The maximum atomic E-state index is 9.32. The van der Waals surface area contributed by atoms with Crippen LogP contribution in [-0.2, 0) is 9.47 Å². The van der Waals surface area contributed by atoms with Crippen molar-refractivity contribution in [2.45, 2.75) is 95.6 Å². The van der Waals surface area contributed by atoms with Gasteiger partial charge >= 0.3 is 0 Å². The Kier molecular flexibility index (Phi) is 6.04. The minimum atomic E-state index is -0.358. The molecule has 3 unspecified atom stereocenters. The lowest BCUT2D eigenvalue weighted by atomic mass is 9.96. The number of rotatable bonds is 8. The maximum absolute atomic E-state index is 9.32.